The normalized spacial score (nSPS) is 10.9. The van der Waals surface area contributed by atoms with Crippen LogP contribution < -0.4 is 0 Å². The van der Waals surface area contributed by atoms with Gasteiger partial charge in [-0.25, -0.2) is 4.98 Å². The Morgan fingerprint density at radius 3 is 2.60 bits per heavy atom. The van der Waals surface area contributed by atoms with E-state index in [1.54, 1.807) is 0 Å². The Bertz CT molecular complexity index is 787. The molecular formula is C17H15ClN2. The van der Waals surface area contributed by atoms with Gasteiger partial charge in [0.05, 0.1) is 16.1 Å². The predicted molar refractivity (Wildman–Crippen MR) is 85.0 cm³/mol. The minimum Gasteiger partial charge on any atom is -0.320 e. The Morgan fingerprint density at radius 2 is 1.85 bits per heavy atom. The van der Waals surface area contributed by atoms with Crippen molar-refractivity contribution in [3.8, 4) is 11.4 Å². The lowest BCUT2D eigenvalue weighted by atomic mass is 10.2. The third-order valence-electron chi connectivity index (χ3n) is 3.20. The average molecular weight is 283 g/mol. The number of para-hydroxylation sites is 2. The number of allylic oxidation sites excluding steroid dienone is 1. The summed E-state index contributed by atoms with van der Waals surface area (Å²) in [7, 11) is 0. The highest BCUT2D eigenvalue weighted by molar-refractivity contribution is 6.33. The zero-order valence-corrected chi connectivity index (χ0v) is 12.1. The van der Waals surface area contributed by atoms with Crippen LogP contribution in [0.15, 0.2) is 60.7 Å². The molecule has 0 aliphatic rings. The molecule has 0 spiro atoms. The monoisotopic (exact) mass is 282 g/mol. The molecule has 100 valence electrons. The highest BCUT2D eigenvalue weighted by Crippen LogP contribution is 2.30. The van der Waals surface area contributed by atoms with Crippen LogP contribution in [0.2, 0.25) is 5.02 Å². The number of nitrogens with zero attached hydrogens (tertiary/aromatic N) is 2. The van der Waals surface area contributed by atoms with Gasteiger partial charge in [-0.05, 0) is 31.2 Å². The summed E-state index contributed by atoms with van der Waals surface area (Å²) < 4.78 is 2.17. The van der Waals surface area contributed by atoms with E-state index in [-0.39, 0.29) is 0 Å². The number of aromatic nitrogens is 2. The molecule has 0 unspecified atom stereocenters. The third-order valence-corrected chi connectivity index (χ3v) is 3.53. The van der Waals surface area contributed by atoms with Crippen LogP contribution in [0.1, 0.15) is 6.92 Å². The molecule has 3 aromatic rings. The van der Waals surface area contributed by atoms with Gasteiger partial charge in [-0.2, -0.15) is 0 Å². The molecule has 20 heavy (non-hydrogen) atoms. The first kappa shape index (κ1) is 12.9. The molecule has 3 heteroatoms. The first-order chi connectivity index (χ1) is 9.66. The number of hydrogen-bond donors (Lipinski definition) is 0. The SMILES string of the molecule is C=C(C)Cn1c(-c2ccccc2Cl)nc2ccccc21. The zero-order chi connectivity index (χ0) is 14.1. The lowest BCUT2D eigenvalue weighted by Crippen LogP contribution is -2.01. The first-order valence-corrected chi connectivity index (χ1v) is 6.89. The van der Waals surface area contributed by atoms with Crippen LogP contribution in [-0.4, -0.2) is 9.55 Å². The van der Waals surface area contributed by atoms with Crippen LogP contribution in [0, 0.1) is 0 Å². The maximum Gasteiger partial charge on any atom is 0.142 e. The van der Waals surface area contributed by atoms with E-state index in [4.69, 9.17) is 16.6 Å². The van der Waals surface area contributed by atoms with Crippen LogP contribution in [0.25, 0.3) is 22.4 Å². The van der Waals surface area contributed by atoms with E-state index in [9.17, 15) is 0 Å². The van der Waals surface area contributed by atoms with Crippen LogP contribution in [0.4, 0.5) is 0 Å². The molecule has 0 amide bonds. The number of fused-ring (bicyclic) bond motifs is 1. The van der Waals surface area contributed by atoms with Gasteiger partial charge in [0.1, 0.15) is 5.82 Å². The highest BCUT2D eigenvalue weighted by Gasteiger charge is 2.14. The summed E-state index contributed by atoms with van der Waals surface area (Å²) in [5.74, 6) is 0.889. The molecule has 0 N–H and O–H groups in total. The summed E-state index contributed by atoms with van der Waals surface area (Å²) in [5.41, 5.74) is 4.11. The lowest BCUT2D eigenvalue weighted by Gasteiger charge is -2.10. The second-order valence-electron chi connectivity index (χ2n) is 4.95. The van der Waals surface area contributed by atoms with E-state index in [2.05, 4.69) is 17.2 Å². The van der Waals surface area contributed by atoms with Gasteiger partial charge in [-0.3, -0.25) is 0 Å². The summed E-state index contributed by atoms with van der Waals surface area (Å²) in [6.45, 7) is 6.77. The minimum absolute atomic E-state index is 0.714. The Labute approximate surface area is 123 Å². The van der Waals surface area contributed by atoms with Crippen LogP contribution in [0.5, 0.6) is 0 Å². The maximum atomic E-state index is 6.32. The molecule has 0 saturated heterocycles. The smallest absolute Gasteiger partial charge is 0.142 e. The number of imidazole rings is 1. The van der Waals surface area contributed by atoms with Crippen molar-refractivity contribution in [3.05, 3.63) is 65.7 Å². The number of benzene rings is 2. The number of hydrogen-bond acceptors (Lipinski definition) is 1. The summed E-state index contributed by atoms with van der Waals surface area (Å²) in [6, 6.07) is 15.9. The van der Waals surface area contributed by atoms with Crippen molar-refractivity contribution in [2.24, 2.45) is 0 Å². The van der Waals surface area contributed by atoms with Crippen molar-refractivity contribution >= 4 is 22.6 Å². The molecule has 0 radical (unpaired) electrons. The molecule has 1 aromatic heterocycles. The molecule has 0 bridgehead atoms. The quantitative estimate of drug-likeness (QED) is 0.623. The first-order valence-electron chi connectivity index (χ1n) is 6.51. The lowest BCUT2D eigenvalue weighted by molar-refractivity contribution is 0.820. The fourth-order valence-corrected chi connectivity index (χ4v) is 2.57. The highest BCUT2D eigenvalue weighted by atomic mass is 35.5. The van der Waals surface area contributed by atoms with Gasteiger partial charge in [0.15, 0.2) is 0 Å². The van der Waals surface area contributed by atoms with E-state index in [0.717, 1.165) is 34.5 Å². The number of halogens is 1. The number of rotatable bonds is 3. The van der Waals surface area contributed by atoms with Gasteiger partial charge in [0.25, 0.3) is 0 Å². The third kappa shape index (κ3) is 2.23. The van der Waals surface area contributed by atoms with Gasteiger partial charge in [-0.1, -0.05) is 48.0 Å². The van der Waals surface area contributed by atoms with Crippen molar-refractivity contribution in [1.29, 1.82) is 0 Å². The van der Waals surface area contributed by atoms with Gasteiger partial charge >= 0.3 is 0 Å². The Kier molecular flexibility index (Phi) is 3.33. The summed E-state index contributed by atoms with van der Waals surface area (Å²) in [5, 5.41) is 0.714. The van der Waals surface area contributed by atoms with E-state index >= 15 is 0 Å². The van der Waals surface area contributed by atoms with Crippen molar-refractivity contribution in [2.45, 2.75) is 13.5 Å². The molecule has 0 fully saturated rings. The standard InChI is InChI=1S/C17H15ClN2/c1-12(2)11-20-16-10-6-5-9-15(16)19-17(20)13-7-3-4-8-14(13)18/h3-10H,1,11H2,2H3. The van der Waals surface area contributed by atoms with E-state index in [1.165, 1.54) is 0 Å². The average Bonchev–Trinajstić information content (AvgIpc) is 2.78. The second kappa shape index (κ2) is 5.14. The van der Waals surface area contributed by atoms with Crippen molar-refractivity contribution in [2.75, 3.05) is 0 Å². The van der Waals surface area contributed by atoms with E-state index < -0.39 is 0 Å². The Hall–Kier alpha value is -2.06. The molecule has 0 saturated carbocycles. The summed E-state index contributed by atoms with van der Waals surface area (Å²) in [4.78, 5) is 4.73. The van der Waals surface area contributed by atoms with Crippen molar-refractivity contribution in [1.82, 2.24) is 9.55 Å². The molecule has 2 aromatic carbocycles. The molecule has 2 nitrogen and oxygen atoms in total. The molecule has 0 aliphatic heterocycles. The van der Waals surface area contributed by atoms with Crippen LogP contribution >= 0.6 is 11.6 Å². The van der Waals surface area contributed by atoms with Crippen molar-refractivity contribution in [3.63, 3.8) is 0 Å². The van der Waals surface area contributed by atoms with E-state index in [1.807, 2.05) is 49.4 Å². The van der Waals surface area contributed by atoms with Gasteiger partial charge in [0, 0.05) is 12.1 Å². The topological polar surface area (TPSA) is 17.8 Å². The Morgan fingerprint density at radius 1 is 1.15 bits per heavy atom. The largest absolute Gasteiger partial charge is 0.320 e. The second-order valence-corrected chi connectivity index (χ2v) is 5.35. The Balaban J connectivity index is 2.29. The van der Waals surface area contributed by atoms with Gasteiger partial charge < -0.3 is 4.57 Å². The predicted octanol–water partition coefficient (Wildman–Crippen LogP) is 4.93. The fraction of sp³-hybridized carbons (Fsp3) is 0.118. The van der Waals surface area contributed by atoms with Gasteiger partial charge in [-0.15, -0.1) is 0 Å². The molecular weight excluding hydrogens is 268 g/mol. The van der Waals surface area contributed by atoms with Gasteiger partial charge in [0.2, 0.25) is 0 Å². The summed E-state index contributed by atoms with van der Waals surface area (Å²) >= 11 is 6.32. The maximum absolute atomic E-state index is 6.32. The fourth-order valence-electron chi connectivity index (χ4n) is 2.35. The molecule has 0 aliphatic carbocycles. The summed E-state index contributed by atoms with van der Waals surface area (Å²) in [6.07, 6.45) is 0. The van der Waals surface area contributed by atoms with Crippen molar-refractivity contribution < 1.29 is 0 Å². The van der Waals surface area contributed by atoms with E-state index in [0.29, 0.717) is 5.02 Å². The van der Waals surface area contributed by atoms with Crippen LogP contribution in [-0.2, 0) is 6.54 Å². The zero-order valence-electron chi connectivity index (χ0n) is 11.3. The molecule has 1 heterocycles. The minimum atomic E-state index is 0.714. The van der Waals surface area contributed by atoms with Crippen LogP contribution in [0.3, 0.4) is 0 Å². The molecule has 0 atom stereocenters. The molecule has 3 rings (SSSR count).